The normalized spacial score (nSPS) is 23.9. The number of hydrogen-bond acceptors (Lipinski definition) is 1. The molecule has 1 atom stereocenters. The van der Waals surface area contributed by atoms with E-state index < -0.39 is 0 Å². The highest BCUT2D eigenvalue weighted by molar-refractivity contribution is 5.26. The summed E-state index contributed by atoms with van der Waals surface area (Å²) in [6, 6.07) is 0. The summed E-state index contributed by atoms with van der Waals surface area (Å²) < 4.78 is 18.0. The van der Waals surface area contributed by atoms with E-state index in [1.165, 1.54) is 11.6 Å². The van der Waals surface area contributed by atoms with Crippen molar-refractivity contribution in [2.45, 2.75) is 26.4 Å². The molecule has 12 heavy (non-hydrogen) atoms. The van der Waals surface area contributed by atoms with Crippen LogP contribution in [-0.2, 0) is 4.74 Å². The van der Waals surface area contributed by atoms with Gasteiger partial charge < -0.3 is 4.74 Å². The lowest BCUT2D eigenvalue weighted by Gasteiger charge is -2.23. The fourth-order valence-corrected chi connectivity index (χ4v) is 1.44. The fraction of sp³-hybridized carbons (Fsp3) is 0.600. The number of ether oxygens (including phenoxy) is 1. The Hall–Kier alpha value is -0.630. The highest BCUT2D eigenvalue weighted by Gasteiger charge is 2.20. The molecule has 0 amide bonds. The maximum absolute atomic E-state index is 12.8. The molecule has 0 N–H and O–H groups in total. The lowest BCUT2D eigenvalue weighted by molar-refractivity contribution is 0.118. The number of halogens is 1. The van der Waals surface area contributed by atoms with Crippen molar-refractivity contribution in [3.63, 3.8) is 0 Å². The van der Waals surface area contributed by atoms with Crippen molar-refractivity contribution >= 4 is 0 Å². The second-order valence-corrected chi connectivity index (χ2v) is 3.36. The minimum atomic E-state index is -0.0914. The minimum absolute atomic E-state index is 0.0602. The summed E-state index contributed by atoms with van der Waals surface area (Å²) >= 11 is 0. The number of methoxy groups -OCH3 is 1. The third-order valence-corrected chi connectivity index (χ3v) is 2.16. The van der Waals surface area contributed by atoms with Crippen molar-refractivity contribution in [1.82, 2.24) is 0 Å². The third kappa shape index (κ3) is 1.95. The van der Waals surface area contributed by atoms with Crippen molar-refractivity contribution in [3.8, 4) is 0 Å². The maximum atomic E-state index is 12.8. The second-order valence-electron chi connectivity index (χ2n) is 3.36. The van der Waals surface area contributed by atoms with Crippen LogP contribution in [-0.4, -0.2) is 13.2 Å². The van der Waals surface area contributed by atoms with Gasteiger partial charge in [-0.1, -0.05) is 19.9 Å². The molecule has 0 saturated heterocycles. The van der Waals surface area contributed by atoms with Crippen molar-refractivity contribution < 1.29 is 9.13 Å². The summed E-state index contributed by atoms with van der Waals surface area (Å²) in [5.41, 5.74) is 1.18. The molecule has 1 nitrogen and oxygen atoms in total. The molecule has 68 valence electrons. The van der Waals surface area contributed by atoms with Crippen LogP contribution in [0.5, 0.6) is 0 Å². The molecular formula is C10H15FO. The lowest BCUT2D eigenvalue weighted by Crippen LogP contribution is -2.19. The summed E-state index contributed by atoms with van der Waals surface area (Å²) in [7, 11) is 1.62. The van der Waals surface area contributed by atoms with Crippen LogP contribution in [0.15, 0.2) is 23.6 Å². The molecule has 0 aromatic rings. The summed E-state index contributed by atoms with van der Waals surface area (Å²) in [5, 5.41) is 0. The van der Waals surface area contributed by atoms with E-state index in [-0.39, 0.29) is 11.9 Å². The van der Waals surface area contributed by atoms with Gasteiger partial charge in [0.25, 0.3) is 0 Å². The van der Waals surface area contributed by atoms with E-state index in [0.29, 0.717) is 12.3 Å². The standard InChI is InChI=1S/C10H15FO/c1-7(2)9-5-4-8(11)6-10(9)12-3/h4-5,7,10H,6H2,1-3H3. The molecular weight excluding hydrogens is 155 g/mol. The highest BCUT2D eigenvalue weighted by atomic mass is 19.1. The van der Waals surface area contributed by atoms with Gasteiger partial charge in [-0.2, -0.15) is 0 Å². The SMILES string of the molecule is COC1CC(F)=CC=C1C(C)C. The van der Waals surface area contributed by atoms with Crippen LogP contribution in [0.1, 0.15) is 20.3 Å². The molecule has 0 spiro atoms. The van der Waals surface area contributed by atoms with Gasteiger partial charge in [0.05, 0.1) is 6.10 Å². The van der Waals surface area contributed by atoms with Gasteiger partial charge >= 0.3 is 0 Å². The molecule has 1 aliphatic rings. The van der Waals surface area contributed by atoms with Gasteiger partial charge in [0.15, 0.2) is 0 Å². The first-order valence-corrected chi connectivity index (χ1v) is 4.24. The average Bonchev–Trinajstić information content (AvgIpc) is 2.03. The molecule has 0 aliphatic heterocycles. The molecule has 0 aromatic carbocycles. The zero-order valence-electron chi connectivity index (χ0n) is 7.80. The van der Waals surface area contributed by atoms with Crippen molar-refractivity contribution in [2.75, 3.05) is 7.11 Å². The molecule has 0 radical (unpaired) electrons. The van der Waals surface area contributed by atoms with Gasteiger partial charge in [0.1, 0.15) is 5.83 Å². The molecule has 2 heteroatoms. The van der Waals surface area contributed by atoms with E-state index in [0.717, 1.165) is 0 Å². The van der Waals surface area contributed by atoms with Crippen LogP contribution in [0.2, 0.25) is 0 Å². The first-order chi connectivity index (χ1) is 5.65. The highest BCUT2D eigenvalue weighted by Crippen LogP contribution is 2.26. The van der Waals surface area contributed by atoms with E-state index in [9.17, 15) is 4.39 Å². The smallest absolute Gasteiger partial charge is 0.103 e. The predicted octanol–water partition coefficient (Wildman–Crippen LogP) is 2.84. The molecule has 0 aromatic heterocycles. The Labute approximate surface area is 72.9 Å². The Morgan fingerprint density at radius 1 is 1.50 bits per heavy atom. The van der Waals surface area contributed by atoms with Crippen molar-refractivity contribution in [2.24, 2.45) is 5.92 Å². The van der Waals surface area contributed by atoms with Gasteiger partial charge in [0.2, 0.25) is 0 Å². The van der Waals surface area contributed by atoms with Gasteiger partial charge in [-0.3, -0.25) is 0 Å². The molecule has 0 bridgehead atoms. The van der Waals surface area contributed by atoms with Gasteiger partial charge in [-0.25, -0.2) is 4.39 Å². The Morgan fingerprint density at radius 2 is 2.17 bits per heavy atom. The van der Waals surface area contributed by atoms with Crippen LogP contribution >= 0.6 is 0 Å². The molecule has 1 aliphatic carbocycles. The molecule has 0 heterocycles. The predicted molar refractivity (Wildman–Crippen MR) is 47.5 cm³/mol. The Morgan fingerprint density at radius 3 is 2.67 bits per heavy atom. The van der Waals surface area contributed by atoms with Crippen LogP contribution in [0.3, 0.4) is 0 Å². The minimum Gasteiger partial charge on any atom is -0.377 e. The summed E-state index contributed by atoms with van der Waals surface area (Å²) in [6.07, 6.45) is 3.69. The van der Waals surface area contributed by atoms with Crippen molar-refractivity contribution in [3.05, 3.63) is 23.6 Å². The van der Waals surface area contributed by atoms with Gasteiger partial charge in [-0.15, -0.1) is 0 Å². The number of allylic oxidation sites excluding steroid dienone is 2. The molecule has 0 saturated carbocycles. The Kier molecular flexibility index (Phi) is 3.04. The topological polar surface area (TPSA) is 9.23 Å². The zero-order valence-corrected chi connectivity index (χ0v) is 7.80. The van der Waals surface area contributed by atoms with E-state index in [2.05, 4.69) is 13.8 Å². The second kappa shape index (κ2) is 3.85. The summed E-state index contributed by atoms with van der Waals surface area (Å²) in [6.45, 7) is 4.18. The number of hydrogen-bond donors (Lipinski definition) is 0. The van der Waals surface area contributed by atoms with Crippen LogP contribution in [0.25, 0.3) is 0 Å². The largest absolute Gasteiger partial charge is 0.377 e. The van der Waals surface area contributed by atoms with Crippen LogP contribution in [0, 0.1) is 5.92 Å². The molecule has 1 rings (SSSR count). The first kappa shape index (κ1) is 9.46. The first-order valence-electron chi connectivity index (χ1n) is 4.24. The monoisotopic (exact) mass is 170 g/mol. The van der Waals surface area contributed by atoms with E-state index in [4.69, 9.17) is 4.74 Å². The van der Waals surface area contributed by atoms with E-state index >= 15 is 0 Å². The van der Waals surface area contributed by atoms with Gasteiger partial charge in [0, 0.05) is 13.5 Å². The third-order valence-electron chi connectivity index (χ3n) is 2.16. The molecule has 1 unspecified atom stereocenters. The van der Waals surface area contributed by atoms with E-state index in [1.807, 2.05) is 6.08 Å². The Balaban J connectivity index is 2.79. The maximum Gasteiger partial charge on any atom is 0.103 e. The summed E-state index contributed by atoms with van der Waals surface area (Å²) in [4.78, 5) is 0. The average molecular weight is 170 g/mol. The Bertz CT molecular complexity index is 216. The number of rotatable bonds is 2. The molecule has 0 fully saturated rings. The quantitative estimate of drug-likeness (QED) is 0.619. The zero-order chi connectivity index (χ0) is 9.14. The van der Waals surface area contributed by atoms with Crippen molar-refractivity contribution in [1.29, 1.82) is 0 Å². The summed E-state index contributed by atoms with van der Waals surface area (Å²) in [5.74, 6) is 0.338. The van der Waals surface area contributed by atoms with Crippen LogP contribution < -0.4 is 0 Å². The van der Waals surface area contributed by atoms with Crippen LogP contribution in [0.4, 0.5) is 4.39 Å². The lowest BCUT2D eigenvalue weighted by atomic mass is 9.92. The van der Waals surface area contributed by atoms with E-state index in [1.54, 1.807) is 7.11 Å². The fourth-order valence-electron chi connectivity index (χ4n) is 1.44. The van der Waals surface area contributed by atoms with Gasteiger partial charge in [-0.05, 0) is 17.6 Å².